The Morgan fingerprint density at radius 2 is 1.61 bits per heavy atom. The van der Waals surface area contributed by atoms with Crippen molar-refractivity contribution in [3.05, 3.63) is 71.8 Å². The van der Waals surface area contributed by atoms with Crippen molar-refractivity contribution in [2.24, 2.45) is 0 Å². The standard InChI is InChI=1S/C22H28N2O4/c1-17(2)28-21(14-25)24-22(26)20(13-18-9-5-3-6-10-18)23-16-27-15-19-11-7-4-8-12-19/h3-12,14,17,20-21,23H,13,15-16H2,1-2H3,(H,24,26)/t20-,21?/m0/s1. The largest absolute Gasteiger partial charge is 0.362 e. The topological polar surface area (TPSA) is 76.7 Å². The van der Waals surface area contributed by atoms with Crippen LogP contribution in [0.25, 0.3) is 0 Å². The average molecular weight is 384 g/mol. The molecule has 2 rings (SSSR count). The SMILES string of the molecule is CC(C)OC(C=O)NC(=O)[C@H](Cc1ccccc1)NCOCc1ccccc1. The first kappa shape index (κ1) is 21.8. The predicted molar refractivity (Wildman–Crippen MR) is 107 cm³/mol. The van der Waals surface area contributed by atoms with Gasteiger partial charge in [-0.05, 0) is 31.4 Å². The molecule has 2 aromatic rings. The predicted octanol–water partition coefficient (Wildman–Crippen LogP) is 2.43. The van der Waals surface area contributed by atoms with Gasteiger partial charge in [-0.25, -0.2) is 0 Å². The minimum atomic E-state index is -0.974. The molecule has 6 nitrogen and oxygen atoms in total. The third kappa shape index (κ3) is 8.00. The summed E-state index contributed by atoms with van der Waals surface area (Å²) >= 11 is 0. The van der Waals surface area contributed by atoms with Crippen LogP contribution in [0, 0.1) is 0 Å². The Hall–Kier alpha value is -2.54. The first-order valence-electron chi connectivity index (χ1n) is 9.38. The Kier molecular flexibility index (Phi) is 9.34. The van der Waals surface area contributed by atoms with Crippen molar-refractivity contribution in [2.75, 3.05) is 6.73 Å². The first-order chi connectivity index (χ1) is 13.6. The van der Waals surface area contributed by atoms with Gasteiger partial charge < -0.3 is 14.8 Å². The summed E-state index contributed by atoms with van der Waals surface area (Å²) in [5.41, 5.74) is 2.06. The van der Waals surface area contributed by atoms with Gasteiger partial charge in [-0.3, -0.25) is 14.9 Å². The van der Waals surface area contributed by atoms with Gasteiger partial charge in [0.1, 0.15) is 0 Å². The molecule has 28 heavy (non-hydrogen) atoms. The molecule has 0 aromatic heterocycles. The zero-order valence-electron chi connectivity index (χ0n) is 16.3. The van der Waals surface area contributed by atoms with Gasteiger partial charge in [0, 0.05) is 0 Å². The van der Waals surface area contributed by atoms with Crippen molar-refractivity contribution < 1.29 is 19.1 Å². The number of carbonyl (C=O) groups is 2. The Morgan fingerprint density at radius 3 is 2.18 bits per heavy atom. The van der Waals surface area contributed by atoms with Crippen molar-refractivity contribution >= 4 is 12.2 Å². The molecule has 0 fully saturated rings. The molecular formula is C22H28N2O4. The smallest absolute Gasteiger partial charge is 0.239 e. The van der Waals surface area contributed by atoms with E-state index < -0.39 is 12.3 Å². The van der Waals surface area contributed by atoms with Gasteiger partial charge in [0.05, 0.1) is 25.5 Å². The molecule has 0 radical (unpaired) electrons. The van der Waals surface area contributed by atoms with Crippen LogP contribution < -0.4 is 10.6 Å². The van der Waals surface area contributed by atoms with E-state index in [0.717, 1.165) is 11.1 Å². The lowest BCUT2D eigenvalue weighted by molar-refractivity contribution is -0.136. The zero-order chi connectivity index (χ0) is 20.2. The third-order valence-electron chi connectivity index (χ3n) is 3.97. The van der Waals surface area contributed by atoms with Crippen LogP contribution in [0.3, 0.4) is 0 Å². The third-order valence-corrected chi connectivity index (χ3v) is 3.97. The summed E-state index contributed by atoms with van der Waals surface area (Å²) < 4.78 is 11.0. The van der Waals surface area contributed by atoms with Crippen LogP contribution in [0.5, 0.6) is 0 Å². The molecule has 6 heteroatoms. The van der Waals surface area contributed by atoms with E-state index in [1.807, 2.05) is 60.7 Å². The van der Waals surface area contributed by atoms with Crippen LogP contribution in [-0.4, -0.2) is 37.3 Å². The molecule has 0 spiro atoms. The molecule has 2 aromatic carbocycles. The van der Waals surface area contributed by atoms with Gasteiger partial charge in [-0.15, -0.1) is 0 Å². The van der Waals surface area contributed by atoms with Crippen LogP contribution in [0.1, 0.15) is 25.0 Å². The fourth-order valence-corrected chi connectivity index (χ4v) is 2.64. The maximum Gasteiger partial charge on any atom is 0.239 e. The first-order valence-corrected chi connectivity index (χ1v) is 9.38. The molecule has 0 bridgehead atoms. The highest BCUT2D eigenvalue weighted by Crippen LogP contribution is 2.05. The maximum absolute atomic E-state index is 12.7. The molecule has 0 aliphatic heterocycles. The Labute approximate surface area is 166 Å². The van der Waals surface area contributed by atoms with E-state index in [9.17, 15) is 9.59 Å². The molecular weight excluding hydrogens is 356 g/mol. The molecule has 0 saturated carbocycles. The van der Waals surface area contributed by atoms with Crippen LogP contribution in [0.2, 0.25) is 0 Å². The Morgan fingerprint density at radius 1 is 1.00 bits per heavy atom. The minimum absolute atomic E-state index is 0.176. The van der Waals surface area contributed by atoms with Gasteiger partial charge in [0.15, 0.2) is 12.5 Å². The van der Waals surface area contributed by atoms with Crippen molar-refractivity contribution in [1.82, 2.24) is 10.6 Å². The van der Waals surface area contributed by atoms with E-state index >= 15 is 0 Å². The van der Waals surface area contributed by atoms with E-state index in [0.29, 0.717) is 19.3 Å². The normalized spacial score (nSPS) is 13.1. The van der Waals surface area contributed by atoms with E-state index in [2.05, 4.69) is 10.6 Å². The summed E-state index contributed by atoms with van der Waals surface area (Å²) in [7, 11) is 0. The number of ether oxygens (including phenoxy) is 2. The summed E-state index contributed by atoms with van der Waals surface area (Å²) in [5, 5.41) is 5.74. The van der Waals surface area contributed by atoms with Crippen LogP contribution in [-0.2, 0) is 32.1 Å². The second kappa shape index (κ2) is 12.0. The van der Waals surface area contributed by atoms with E-state index in [1.165, 1.54) is 0 Å². The second-order valence-corrected chi connectivity index (χ2v) is 6.67. The lowest BCUT2D eigenvalue weighted by Gasteiger charge is -2.22. The van der Waals surface area contributed by atoms with E-state index in [1.54, 1.807) is 13.8 Å². The van der Waals surface area contributed by atoms with Crippen molar-refractivity contribution in [3.63, 3.8) is 0 Å². The number of aldehydes is 1. The molecule has 150 valence electrons. The molecule has 2 N–H and O–H groups in total. The fourth-order valence-electron chi connectivity index (χ4n) is 2.64. The fraction of sp³-hybridized carbons (Fsp3) is 0.364. The summed E-state index contributed by atoms with van der Waals surface area (Å²) in [4.78, 5) is 23.9. The van der Waals surface area contributed by atoms with Crippen LogP contribution in [0.15, 0.2) is 60.7 Å². The quantitative estimate of drug-likeness (QED) is 0.334. The van der Waals surface area contributed by atoms with E-state index in [4.69, 9.17) is 9.47 Å². The highest BCUT2D eigenvalue weighted by molar-refractivity contribution is 5.84. The molecule has 1 amide bonds. The number of benzene rings is 2. The van der Waals surface area contributed by atoms with Gasteiger partial charge in [0.25, 0.3) is 0 Å². The van der Waals surface area contributed by atoms with Crippen molar-refractivity contribution in [1.29, 1.82) is 0 Å². The summed E-state index contributed by atoms with van der Waals surface area (Å²) in [6.07, 6.45) is -0.0964. The highest BCUT2D eigenvalue weighted by Gasteiger charge is 2.22. The number of hydrogen-bond acceptors (Lipinski definition) is 5. The minimum Gasteiger partial charge on any atom is -0.362 e. The lowest BCUT2D eigenvalue weighted by atomic mass is 10.1. The van der Waals surface area contributed by atoms with Crippen LogP contribution in [0.4, 0.5) is 0 Å². The Bertz CT molecular complexity index is 707. The van der Waals surface area contributed by atoms with Crippen molar-refractivity contribution in [3.8, 4) is 0 Å². The van der Waals surface area contributed by atoms with Crippen molar-refractivity contribution in [2.45, 2.75) is 45.2 Å². The van der Waals surface area contributed by atoms with Gasteiger partial charge in [-0.1, -0.05) is 60.7 Å². The highest BCUT2D eigenvalue weighted by atomic mass is 16.5. The van der Waals surface area contributed by atoms with E-state index in [-0.39, 0.29) is 18.7 Å². The number of rotatable bonds is 12. The van der Waals surface area contributed by atoms with Gasteiger partial charge in [0.2, 0.25) is 5.91 Å². The number of nitrogens with one attached hydrogen (secondary N) is 2. The average Bonchev–Trinajstić information content (AvgIpc) is 2.70. The molecule has 1 unspecified atom stereocenters. The molecule has 0 aliphatic carbocycles. The molecule has 0 heterocycles. The van der Waals surface area contributed by atoms with Gasteiger partial charge >= 0.3 is 0 Å². The summed E-state index contributed by atoms with van der Waals surface area (Å²) in [6.45, 7) is 4.26. The number of amides is 1. The number of hydrogen-bond donors (Lipinski definition) is 2. The molecule has 2 atom stereocenters. The number of carbonyl (C=O) groups excluding carboxylic acids is 2. The van der Waals surface area contributed by atoms with Gasteiger partial charge in [-0.2, -0.15) is 0 Å². The lowest BCUT2D eigenvalue weighted by Crippen LogP contribution is -2.51. The van der Waals surface area contributed by atoms with Crippen LogP contribution >= 0.6 is 0 Å². The zero-order valence-corrected chi connectivity index (χ0v) is 16.3. The summed E-state index contributed by atoms with van der Waals surface area (Å²) in [6, 6.07) is 18.9. The maximum atomic E-state index is 12.7. The summed E-state index contributed by atoms with van der Waals surface area (Å²) in [5.74, 6) is -0.315. The Balaban J connectivity index is 1.93. The molecule has 0 aliphatic rings. The second-order valence-electron chi connectivity index (χ2n) is 6.67. The molecule has 0 saturated heterocycles. The monoisotopic (exact) mass is 384 g/mol.